The molecule has 158 valence electrons. The van der Waals surface area contributed by atoms with Crippen molar-refractivity contribution in [3.05, 3.63) is 34.6 Å². The zero-order chi connectivity index (χ0) is 21.2. The van der Waals surface area contributed by atoms with Crippen molar-refractivity contribution < 1.29 is 18.0 Å². The first-order chi connectivity index (χ1) is 13.6. The molecule has 29 heavy (non-hydrogen) atoms. The van der Waals surface area contributed by atoms with Gasteiger partial charge in [0.15, 0.2) is 0 Å². The number of piperazine rings is 1. The number of alkyl halides is 3. The summed E-state index contributed by atoms with van der Waals surface area (Å²) in [7, 11) is 0. The molecule has 1 fully saturated rings. The van der Waals surface area contributed by atoms with E-state index in [1.54, 1.807) is 18.5 Å². The highest BCUT2D eigenvalue weighted by atomic mass is 35.5. The molecule has 1 amide bonds. The maximum Gasteiger partial charge on any atom is 0.405 e. The zero-order valence-electron chi connectivity index (χ0n) is 15.9. The number of pyridine rings is 1. The van der Waals surface area contributed by atoms with Crippen LogP contribution in [-0.4, -0.2) is 59.2 Å². The van der Waals surface area contributed by atoms with Crippen LogP contribution >= 0.6 is 22.9 Å². The van der Waals surface area contributed by atoms with E-state index in [-0.39, 0.29) is 6.54 Å². The van der Waals surface area contributed by atoms with Gasteiger partial charge in [0.25, 0.3) is 0 Å². The van der Waals surface area contributed by atoms with Crippen LogP contribution in [-0.2, 0) is 10.3 Å². The molecular weight excluding hydrogens is 427 g/mol. The fraction of sp³-hybridized carbons (Fsp3) is 0.500. The van der Waals surface area contributed by atoms with Crippen molar-refractivity contribution in [1.82, 2.24) is 25.5 Å². The van der Waals surface area contributed by atoms with Crippen LogP contribution < -0.4 is 10.6 Å². The smallest absolute Gasteiger partial charge is 0.346 e. The standard InChI is InChI=1S/C18H21ClF3N5OS/c1-17(2,14-9-29-16(26-14)11-5-12(19)7-23-6-11)27-4-3-24-13(8-27)15(28)25-10-18(20,21)22/h5-7,9,13,24H,3-4,8,10H2,1-2H3,(H,25,28). The summed E-state index contributed by atoms with van der Waals surface area (Å²) in [5.74, 6) is -0.660. The lowest BCUT2D eigenvalue weighted by Crippen LogP contribution is -2.61. The quantitative estimate of drug-likeness (QED) is 0.737. The number of thiazole rings is 1. The monoisotopic (exact) mass is 447 g/mol. The van der Waals surface area contributed by atoms with Gasteiger partial charge in [0.05, 0.1) is 22.3 Å². The molecule has 0 saturated carbocycles. The van der Waals surface area contributed by atoms with Crippen molar-refractivity contribution in [3.63, 3.8) is 0 Å². The summed E-state index contributed by atoms with van der Waals surface area (Å²) < 4.78 is 37.1. The predicted octanol–water partition coefficient (Wildman–Crippen LogP) is 3.05. The fourth-order valence-electron chi connectivity index (χ4n) is 3.12. The van der Waals surface area contributed by atoms with Crippen LogP contribution in [0.5, 0.6) is 0 Å². The Bertz CT molecular complexity index is 873. The van der Waals surface area contributed by atoms with Crippen molar-refractivity contribution in [2.75, 3.05) is 26.2 Å². The summed E-state index contributed by atoms with van der Waals surface area (Å²) >= 11 is 7.47. The minimum atomic E-state index is -4.44. The van der Waals surface area contributed by atoms with Gasteiger partial charge in [0.2, 0.25) is 5.91 Å². The first-order valence-electron chi connectivity index (χ1n) is 8.96. The number of rotatable bonds is 5. The minimum Gasteiger partial charge on any atom is -0.346 e. The molecule has 3 heterocycles. The topological polar surface area (TPSA) is 70.2 Å². The summed E-state index contributed by atoms with van der Waals surface area (Å²) in [4.78, 5) is 23.0. The number of carbonyl (C=O) groups is 1. The molecular formula is C18H21ClF3N5OS. The van der Waals surface area contributed by atoms with E-state index in [1.807, 2.05) is 24.5 Å². The van der Waals surface area contributed by atoms with Crippen LogP contribution in [0.1, 0.15) is 19.5 Å². The Hall–Kier alpha value is -1.75. The SMILES string of the molecule is CC(C)(c1csc(-c2cncc(Cl)c2)n1)N1CCNC(C(=O)NCC(F)(F)F)C1. The molecule has 11 heteroatoms. The maximum atomic E-state index is 12.4. The van der Waals surface area contributed by atoms with E-state index in [1.165, 1.54) is 11.3 Å². The molecule has 1 saturated heterocycles. The lowest BCUT2D eigenvalue weighted by Gasteiger charge is -2.42. The number of hydrogen-bond donors (Lipinski definition) is 2. The maximum absolute atomic E-state index is 12.4. The molecule has 2 aromatic heterocycles. The lowest BCUT2D eigenvalue weighted by atomic mass is 9.96. The Morgan fingerprint density at radius 3 is 2.86 bits per heavy atom. The molecule has 0 aliphatic carbocycles. The van der Waals surface area contributed by atoms with E-state index in [2.05, 4.69) is 15.2 Å². The average Bonchev–Trinajstić information content (AvgIpc) is 3.17. The third kappa shape index (κ3) is 5.44. The summed E-state index contributed by atoms with van der Waals surface area (Å²) in [5.41, 5.74) is 1.12. The van der Waals surface area contributed by atoms with E-state index in [0.717, 1.165) is 16.3 Å². The second-order valence-corrected chi connectivity index (χ2v) is 8.57. The van der Waals surface area contributed by atoms with E-state index < -0.39 is 30.2 Å². The number of nitrogens with zero attached hydrogens (tertiary/aromatic N) is 3. The van der Waals surface area contributed by atoms with E-state index >= 15 is 0 Å². The van der Waals surface area contributed by atoms with Crippen LogP contribution in [0, 0.1) is 0 Å². The third-order valence-electron chi connectivity index (χ3n) is 4.83. The van der Waals surface area contributed by atoms with E-state index in [0.29, 0.717) is 18.1 Å². The highest BCUT2D eigenvalue weighted by molar-refractivity contribution is 7.13. The van der Waals surface area contributed by atoms with Crippen molar-refractivity contribution in [1.29, 1.82) is 0 Å². The summed E-state index contributed by atoms with van der Waals surface area (Å²) in [6.45, 7) is 4.04. The average molecular weight is 448 g/mol. The Morgan fingerprint density at radius 1 is 1.41 bits per heavy atom. The normalized spacial score (nSPS) is 18.6. The zero-order valence-corrected chi connectivity index (χ0v) is 17.5. The van der Waals surface area contributed by atoms with Crippen LogP contribution in [0.2, 0.25) is 5.02 Å². The second kappa shape index (κ2) is 8.55. The van der Waals surface area contributed by atoms with Crippen molar-refractivity contribution in [2.45, 2.75) is 31.6 Å². The Balaban J connectivity index is 1.71. The number of halogens is 4. The first kappa shape index (κ1) is 21.9. The van der Waals surface area contributed by atoms with Gasteiger partial charge in [-0.15, -0.1) is 11.3 Å². The van der Waals surface area contributed by atoms with E-state index in [9.17, 15) is 18.0 Å². The molecule has 2 N–H and O–H groups in total. The highest BCUT2D eigenvalue weighted by Gasteiger charge is 2.37. The Labute approximate surface area is 175 Å². The van der Waals surface area contributed by atoms with Gasteiger partial charge < -0.3 is 10.6 Å². The van der Waals surface area contributed by atoms with Gasteiger partial charge >= 0.3 is 6.18 Å². The molecule has 2 aromatic rings. The van der Waals surface area contributed by atoms with Crippen LogP contribution in [0.4, 0.5) is 13.2 Å². The first-order valence-corrected chi connectivity index (χ1v) is 10.2. The Morgan fingerprint density at radius 2 is 2.17 bits per heavy atom. The second-order valence-electron chi connectivity index (χ2n) is 7.27. The molecule has 0 radical (unpaired) electrons. The molecule has 1 aliphatic rings. The van der Waals surface area contributed by atoms with Crippen LogP contribution in [0.3, 0.4) is 0 Å². The van der Waals surface area contributed by atoms with Gasteiger partial charge in [-0.25, -0.2) is 4.98 Å². The molecule has 3 rings (SSSR count). The van der Waals surface area contributed by atoms with Gasteiger partial charge in [-0.05, 0) is 19.9 Å². The van der Waals surface area contributed by atoms with Crippen LogP contribution in [0.25, 0.3) is 10.6 Å². The van der Waals surface area contributed by atoms with Gasteiger partial charge in [-0.2, -0.15) is 13.2 Å². The van der Waals surface area contributed by atoms with Crippen LogP contribution in [0.15, 0.2) is 23.8 Å². The lowest BCUT2D eigenvalue weighted by molar-refractivity contribution is -0.140. The fourth-order valence-corrected chi connectivity index (χ4v) is 4.26. The van der Waals surface area contributed by atoms with Gasteiger partial charge in [0.1, 0.15) is 11.6 Å². The van der Waals surface area contributed by atoms with Gasteiger partial charge in [0, 0.05) is 43.0 Å². The van der Waals surface area contributed by atoms with Crippen molar-refractivity contribution in [3.8, 4) is 10.6 Å². The van der Waals surface area contributed by atoms with Gasteiger partial charge in [-0.3, -0.25) is 14.7 Å². The molecule has 6 nitrogen and oxygen atoms in total. The minimum absolute atomic E-state index is 0.280. The molecule has 1 aliphatic heterocycles. The molecule has 1 unspecified atom stereocenters. The predicted molar refractivity (Wildman–Crippen MR) is 106 cm³/mol. The number of carbonyl (C=O) groups excluding carboxylic acids is 1. The number of aromatic nitrogens is 2. The Kier molecular flexibility index (Phi) is 6.47. The molecule has 0 aromatic carbocycles. The molecule has 0 spiro atoms. The van der Waals surface area contributed by atoms with Crippen molar-refractivity contribution in [2.24, 2.45) is 0 Å². The number of nitrogens with one attached hydrogen (secondary N) is 2. The van der Waals surface area contributed by atoms with Crippen molar-refractivity contribution >= 4 is 28.8 Å². The largest absolute Gasteiger partial charge is 0.405 e. The molecule has 1 atom stereocenters. The number of amides is 1. The van der Waals surface area contributed by atoms with E-state index in [4.69, 9.17) is 16.6 Å². The highest BCUT2D eigenvalue weighted by Crippen LogP contribution is 2.33. The number of hydrogen-bond acceptors (Lipinski definition) is 6. The molecule has 0 bridgehead atoms. The third-order valence-corrected chi connectivity index (χ3v) is 5.93. The van der Waals surface area contributed by atoms with Gasteiger partial charge in [-0.1, -0.05) is 11.6 Å². The summed E-state index contributed by atoms with van der Waals surface area (Å²) in [6.07, 6.45) is -1.20. The summed E-state index contributed by atoms with van der Waals surface area (Å²) in [6, 6.07) is 1.07. The summed E-state index contributed by atoms with van der Waals surface area (Å²) in [5, 5.41) is 8.17.